The second kappa shape index (κ2) is 4.01. The molecule has 0 spiro atoms. The summed E-state index contributed by atoms with van der Waals surface area (Å²) in [7, 11) is 0. The molecule has 0 saturated carbocycles. The van der Waals surface area contributed by atoms with E-state index >= 15 is 0 Å². The van der Waals surface area contributed by atoms with Gasteiger partial charge in [-0.25, -0.2) is 0 Å². The normalized spacial score (nSPS) is 15.5. The molecule has 0 aliphatic carbocycles. The number of tetrazole rings is 1. The molecule has 3 heterocycles. The first-order valence-corrected chi connectivity index (χ1v) is 6.30. The van der Waals surface area contributed by atoms with Crippen LogP contribution in [0, 0.1) is 0 Å². The molecule has 0 unspecified atom stereocenters. The third-order valence-electron chi connectivity index (χ3n) is 3.37. The standard InChI is InChI=1S/C13H12N6/c1-2-5-11-10(4-1)8-12(13-15-16-17-19(11)13)18-7-3-6-14-9-18/h1-2,4-5,8-9H,3,6-7H2. The summed E-state index contributed by atoms with van der Waals surface area (Å²) in [6.07, 6.45) is 2.93. The van der Waals surface area contributed by atoms with E-state index in [-0.39, 0.29) is 0 Å². The molecule has 4 rings (SSSR count). The predicted octanol–water partition coefficient (Wildman–Crippen LogP) is 1.52. The van der Waals surface area contributed by atoms with Crippen LogP contribution in [0.3, 0.4) is 0 Å². The smallest absolute Gasteiger partial charge is 0.203 e. The van der Waals surface area contributed by atoms with Crippen molar-refractivity contribution in [1.82, 2.24) is 20.0 Å². The molecule has 0 bridgehead atoms. The van der Waals surface area contributed by atoms with Gasteiger partial charge in [0.1, 0.15) is 0 Å². The lowest BCUT2D eigenvalue weighted by molar-refractivity contribution is 0.801. The summed E-state index contributed by atoms with van der Waals surface area (Å²) in [4.78, 5) is 6.44. The van der Waals surface area contributed by atoms with Crippen molar-refractivity contribution in [2.24, 2.45) is 4.99 Å². The summed E-state index contributed by atoms with van der Waals surface area (Å²) >= 11 is 0. The lowest BCUT2D eigenvalue weighted by atomic mass is 10.2. The first kappa shape index (κ1) is 10.4. The van der Waals surface area contributed by atoms with Crippen molar-refractivity contribution in [3.63, 3.8) is 0 Å². The summed E-state index contributed by atoms with van der Waals surface area (Å²) in [5.74, 6) is 0. The van der Waals surface area contributed by atoms with Gasteiger partial charge in [-0.05, 0) is 29.0 Å². The molecule has 0 saturated heterocycles. The SMILES string of the molecule is C1=NCCCN1c1cc2ccccc2n2nnnc12. The van der Waals surface area contributed by atoms with E-state index in [1.165, 1.54) is 0 Å². The van der Waals surface area contributed by atoms with Gasteiger partial charge in [-0.3, -0.25) is 4.99 Å². The monoisotopic (exact) mass is 252 g/mol. The molecule has 0 N–H and O–H groups in total. The molecule has 6 heteroatoms. The summed E-state index contributed by atoms with van der Waals surface area (Å²) in [6.45, 7) is 1.84. The minimum atomic E-state index is 0.770. The quantitative estimate of drug-likeness (QED) is 0.658. The van der Waals surface area contributed by atoms with Gasteiger partial charge in [0.05, 0.1) is 17.5 Å². The molecule has 2 aromatic heterocycles. The number of benzene rings is 1. The molecule has 1 aliphatic heterocycles. The Balaban J connectivity index is 2.04. The van der Waals surface area contributed by atoms with E-state index in [0.717, 1.165) is 41.7 Å². The summed E-state index contributed by atoms with van der Waals surface area (Å²) < 4.78 is 1.78. The molecule has 6 nitrogen and oxygen atoms in total. The van der Waals surface area contributed by atoms with E-state index in [0.29, 0.717) is 0 Å². The van der Waals surface area contributed by atoms with Gasteiger partial charge >= 0.3 is 0 Å². The number of pyridine rings is 1. The van der Waals surface area contributed by atoms with Crippen LogP contribution in [0.25, 0.3) is 16.6 Å². The second-order valence-corrected chi connectivity index (χ2v) is 4.57. The lowest BCUT2D eigenvalue weighted by Gasteiger charge is -2.22. The highest BCUT2D eigenvalue weighted by Gasteiger charge is 2.15. The van der Waals surface area contributed by atoms with Crippen molar-refractivity contribution >= 4 is 28.6 Å². The third-order valence-corrected chi connectivity index (χ3v) is 3.37. The maximum Gasteiger partial charge on any atom is 0.203 e. The van der Waals surface area contributed by atoms with Gasteiger partial charge in [-0.15, -0.1) is 5.10 Å². The number of aliphatic imine (C=N–C) groups is 1. The van der Waals surface area contributed by atoms with E-state index < -0.39 is 0 Å². The van der Waals surface area contributed by atoms with Crippen LogP contribution in [0.4, 0.5) is 5.69 Å². The molecular formula is C13H12N6. The molecule has 1 aromatic carbocycles. The topological polar surface area (TPSA) is 58.7 Å². The summed E-state index contributed by atoms with van der Waals surface area (Å²) in [5, 5.41) is 13.1. The van der Waals surface area contributed by atoms with Crippen LogP contribution in [0.15, 0.2) is 35.3 Å². The van der Waals surface area contributed by atoms with Crippen molar-refractivity contribution in [2.45, 2.75) is 6.42 Å². The van der Waals surface area contributed by atoms with Crippen molar-refractivity contribution in [1.29, 1.82) is 0 Å². The first-order chi connectivity index (χ1) is 9.43. The molecule has 0 amide bonds. The van der Waals surface area contributed by atoms with Crippen molar-refractivity contribution in [3.05, 3.63) is 30.3 Å². The zero-order valence-electron chi connectivity index (χ0n) is 10.3. The minimum absolute atomic E-state index is 0.770. The first-order valence-electron chi connectivity index (χ1n) is 6.30. The molecule has 94 valence electrons. The number of fused-ring (bicyclic) bond motifs is 3. The Morgan fingerprint density at radius 2 is 2.11 bits per heavy atom. The van der Waals surface area contributed by atoms with Crippen molar-refractivity contribution < 1.29 is 0 Å². The van der Waals surface area contributed by atoms with Gasteiger partial charge in [-0.1, -0.05) is 18.2 Å². The molecular weight excluding hydrogens is 240 g/mol. The average molecular weight is 252 g/mol. The van der Waals surface area contributed by atoms with Gasteiger partial charge < -0.3 is 4.90 Å². The van der Waals surface area contributed by atoms with E-state index in [1.54, 1.807) is 4.52 Å². The van der Waals surface area contributed by atoms with Crippen LogP contribution in [0.5, 0.6) is 0 Å². The number of aromatic nitrogens is 4. The fourth-order valence-electron chi connectivity index (χ4n) is 2.46. The minimum Gasteiger partial charge on any atom is -0.330 e. The Kier molecular flexibility index (Phi) is 2.20. The lowest BCUT2D eigenvalue weighted by Crippen LogP contribution is -2.27. The molecule has 0 atom stereocenters. The maximum atomic E-state index is 4.33. The van der Waals surface area contributed by atoms with E-state index in [2.05, 4.69) is 37.6 Å². The molecule has 1 aliphatic rings. The number of hydrogen-bond acceptors (Lipinski definition) is 5. The van der Waals surface area contributed by atoms with Crippen LogP contribution < -0.4 is 4.90 Å². The van der Waals surface area contributed by atoms with E-state index in [1.807, 2.05) is 24.5 Å². The maximum absolute atomic E-state index is 4.33. The third kappa shape index (κ3) is 1.56. The highest BCUT2D eigenvalue weighted by atomic mass is 15.5. The summed E-state index contributed by atoms with van der Waals surface area (Å²) in [5.41, 5.74) is 2.79. The number of anilines is 1. The fourth-order valence-corrected chi connectivity index (χ4v) is 2.46. The number of para-hydroxylation sites is 1. The van der Waals surface area contributed by atoms with E-state index in [4.69, 9.17) is 0 Å². The Morgan fingerprint density at radius 1 is 1.16 bits per heavy atom. The van der Waals surface area contributed by atoms with Crippen LogP contribution in [-0.2, 0) is 0 Å². The number of nitrogens with zero attached hydrogens (tertiary/aromatic N) is 6. The zero-order chi connectivity index (χ0) is 12.7. The van der Waals surface area contributed by atoms with Crippen LogP contribution >= 0.6 is 0 Å². The van der Waals surface area contributed by atoms with Gasteiger partial charge in [0.15, 0.2) is 0 Å². The van der Waals surface area contributed by atoms with Crippen molar-refractivity contribution in [2.75, 3.05) is 18.0 Å². The highest BCUT2D eigenvalue weighted by Crippen LogP contribution is 2.26. The van der Waals surface area contributed by atoms with Gasteiger partial charge in [0, 0.05) is 18.5 Å². The van der Waals surface area contributed by atoms with Crippen molar-refractivity contribution in [3.8, 4) is 0 Å². The molecule has 3 aromatic rings. The highest BCUT2D eigenvalue weighted by molar-refractivity contribution is 5.94. The average Bonchev–Trinajstić information content (AvgIpc) is 2.97. The predicted molar refractivity (Wildman–Crippen MR) is 73.6 cm³/mol. The van der Waals surface area contributed by atoms with Gasteiger partial charge in [-0.2, -0.15) is 4.52 Å². The Labute approximate surface area is 109 Å². The van der Waals surface area contributed by atoms with E-state index in [9.17, 15) is 0 Å². The summed E-state index contributed by atoms with van der Waals surface area (Å²) in [6, 6.07) is 10.2. The second-order valence-electron chi connectivity index (χ2n) is 4.57. The molecule has 19 heavy (non-hydrogen) atoms. The molecule has 0 fully saturated rings. The fraction of sp³-hybridized carbons (Fsp3) is 0.231. The molecule has 0 radical (unpaired) electrons. The largest absolute Gasteiger partial charge is 0.330 e. The Bertz CT molecular complexity index is 775. The van der Waals surface area contributed by atoms with Crippen LogP contribution in [0.1, 0.15) is 6.42 Å². The van der Waals surface area contributed by atoms with Crippen LogP contribution in [-0.4, -0.2) is 39.5 Å². The number of rotatable bonds is 1. The zero-order valence-corrected chi connectivity index (χ0v) is 10.3. The Hall–Kier alpha value is -2.50. The van der Waals surface area contributed by atoms with Gasteiger partial charge in [0.25, 0.3) is 0 Å². The Morgan fingerprint density at radius 3 is 3.00 bits per heavy atom. The van der Waals surface area contributed by atoms with Gasteiger partial charge in [0.2, 0.25) is 5.65 Å². The van der Waals surface area contributed by atoms with Crippen LogP contribution in [0.2, 0.25) is 0 Å². The number of hydrogen-bond donors (Lipinski definition) is 0.